The molecule has 2 nitrogen and oxygen atoms in total. The van der Waals surface area contributed by atoms with Gasteiger partial charge in [-0.2, -0.15) is 5.26 Å². The second kappa shape index (κ2) is 5.49. The molecular formula is C15H12F2N2. The Bertz CT molecular complexity index is 645. The maximum absolute atomic E-state index is 13.6. The minimum absolute atomic E-state index is 0.236. The summed E-state index contributed by atoms with van der Waals surface area (Å²) in [5, 5.41) is 11.6. The largest absolute Gasteiger partial charge is 0.381 e. The Balaban J connectivity index is 2.10. The lowest BCUT2D eigenvalue weighted by atomic mass is 10.1. The molecule has 0 aliphatic carbocycles. The van der Waals surface area contributed by atoms with Crippen LogP contribution in [0.3, 0.4) is 0 Å². The van der Waals surface area contributed by atoms with Gasteiger partial charge >= 0.3 is 0 Å². The molecule has 0 fully saturated rings. The van der Waals surface area contributed by atoms with Crippen molar-refractivity contribution in [1.29, 1.82) is 5.26 Å². The zero-order valence-corrected chi connectivity index (χ0v) is 10.4. The lowest BCUT2D eigenvalue weighted by Crippen LogP contribution is -2.02. The highest BCUT2D eigenvalue weighted by molar-refractivity contribution is 5.46. The lowest BCUT2D eigenvalue weighted by molar-refractivity contribution is 0.612. The van der Waals surface area contributed by atoms with Gasteiger partial charge < -0.3 is 5.32 Å². The van der Waals surface area contributed by atoms with Crippen LogP contribution in [0.25, 0.3) is 0 Å². The molecule has 0 aliphatic rings. The van der Waals surface area contributed by atoms with Gasteiger partial charge in [-0.15, -0.1) is 0 Å². The zero-order chi connectivity index (χ0) is 13.8. The minimum atomic E-state index is -0.445. The number of anilines is 1. The van der Waals surface area contributed by atoms with E-state index < -0.39 is 5.82 Å². The first-order valence-electron chi connectivity index (χ1n) is 5.78. The Kier molecular flexibility index (Phi) is 3.76. The smallest absolute Gasteiger partial charge is 0.129 e. The maximum atomic E-state index is 13.6. The highest BCUT2D eigenvalue weighted by atomic mass is 19.1. The molecule has 0 saturated carbocycles. The van der Waals surface area contributed by atoms with Crippen molar-refractivity contribution in [3.8, 4) is 6.07 Å². The molecule has 0 atom stereocenters. The van der Waals surface area contributed by atoms with Crippen molar-refractivity contribution in [2.24, 2.45) is 0 Å². The number of rotatable bonds is 3. The average Bonchev–Trinajstić information content (AvgIpc) is 2.41. The molecule has 1 N–H and O–H groups in total. The summed E-state index contributed by atoms with van der Waals surface area (Å²) in [5.74, 6) is -0.746. The molecule has 0 radical (unpaired) electrons. The summed E-state index contributed by atoms with van der Waals surface area (Å²) < 4.78 is 27.0. The van der Waals surface area contributed by atoms with Crippen molar-refractivity contribution >= 4 is 5.69 Å². The Morgan fingerprint density at radius 2 is 1.89 bits per heavy atom. The van der Waals surface area contributed by atoms with Gasteiger partial charge in [0.15, 0.2) is 0 Å². The van der Waals surface area contributed by atoms with Crippen molar-refractivity contribution in [3.05, 3.63) is 64.7 Å². The highest BCUT2D eigenvalue weighted by Crippen LogP contribution is 2.16. The van der Waals surface area contributed by atoms with Gasteiger partial charge in [0.2, 0.25) is 0 Å². The monoisotopic (exact) mass is 258 g/mol. The molecule has 0 aromatic heterocycles. The molecule has 4 heteroatoms. The first kappa shape index (κ1) is 13.0. The molecule has 96 valence electrons. The first-order chi connectivity index (χ1) is 9.10. The van der Waals surface area contributed by atoms with E-state index in [-0.39, 0.29) is 17.9 Å². The predicted octanol–water partition coefficient (Wildman–Crippen LogP) is 3.76. The van der Waals surface area contributed by atoms with Crippen molar-refractivity contribution in [2.75, 3.05) is 5.32 Å². The van der Waals surface area contributed by atoms with Crippen LogP contribution in [0.2, 0.25) is 0 Å². The third-order valence-electron chi connectivity index (χ3n) is 2.84. The molecule has 0 unspecified atom stereocenters. The first-order valence-corrected chi connectivity index (χ1v) is 5.78. The highest BCUT2D eigenvalue weighted by Gasteiger charge is 2.04. The number of benzene rings is 2. The van der Waals surface area contributed by atoms with Gasteiger partial charge in [-0.1, -0.05) is 12.1 Å². The van der Waals surface area contributed by atoms with E-state index in [1.807, 2.05) is 6.07 Å². The van der Waals surface area contributed by atoms with Crippen LogP contribution in [-0.4, -0.2) is 0 Å². The number of hydrogen-bond donors (Lipinski definition) is 1. The Hall–Kier alpha value is -2.41. The molecular weight excluding hydrogens is 246 g/mol. The molecule has 19 heavy (non-hydrogen) atoms. The standard InChI is InChI=1S/C15H12F2N2/c1-10-2-5-13(7-14(10)16)19-9-12-4-3-11(8-18)6-15(12)17/h2-7,19H,9H2,1H3. The fourth-order valence-corrected chi connectivity index (χ4v) is 1.66. The fraction of sp³-hybridized carbons (Fsp3) is 0.133. The lowest BCUT2D eigenvalue weighted by Gasteiger charge is -2.08. The molecule has 0 amide bonds. The van der Waals surface area contributed by atoms with Crippen molar-refractivity contribution in [2.45, 2.75) is 13.5 Å². The topological polar surface area (TPSA) is 35.8 Å². The Labute approximate surface area is 110 Å². The molecule has 0 saturated heterocycles. The molecule has 2 rings (SSSR count). The second-order valence-electron chi connectivity index (χ2n) is 4.24. The molecule has 0 spiro atoms. The summed E-state index contributed by atoms with van der Waals surface area (Å²) in [6.07, 6.45) is 0. The Morgan fingerprint density at radius 1 is 1.11 bits per heavy atom. The zero-order valence-electron chi connectivity index (χ0n) is 10.4. The molecule has 2 aromatic rings. The number of nitriles is 1. The van der Waals surface area contributed by atoms with Crippen LogP contribution in [0, 0.1) is 29.9 Å². The number of halogens is 2. The molecule has 2 aromatic carbocycles. The van der Waals surface area contributed by atoms with E-state index in [0.29, 0.717) is 16.8 Å². The predicted molar refractivity (Wildman–Crippen MR) is 69.6 cm³/mol. The van der Waals surface area contributed by atoms with Crippen molar-refractivity contribution in [1.82, 2.24) is 0 Å². The molecule has 0 aliphatic heterocycles. The van der Waals surface area contributed by atoms with Crippen LogP contribution in [0.5, 0.6) is 0 Å². The fourth-order valence-electron chi connectivity index (χ4n) is 1.66. The number of hydrogen-bond acceptors (Lipinski definition) is 2. The average molecular weight is 258 g/mol. The summed E-state index contributed by atoms with van der Waals surface area (Å²) >= 11 is 0. The van der Waals surface area contributed by atoms with Crippen molar-refractivity contribution < 1.29 is 8.78 Å². The van der Waals surface area contributed by atoms with Gasteiger partial charge in [-0.25, -0.2) is 8.78 Å². The number of nitrogens with zero attached hydrogens (tertiary/aromatic N) is 1. The summed E-state index contributed by atoms with van der Waals surface area (Å²) in [7, 11) is 0. The quantitative estimate of drug-likeness (QED) is 0.909. The van der Waals surface area contributed by atoms with Crippen LogP contribution >= 0.6 is 0 Å². The van der Waals surface area contributed by atoms with Crippen LogP contribution in [0.4, 0.5) is 14.5 Å². The van der Waals surface area contributed by atoms with E-state index in [1.54, 1.807) is 31.2 Å². The number of aryl methyl sites for hydroxylation is 1. The van der Waals surface area contributed by atoms with Gasteiger partial charge in [-0.3, -0.25) is 0 Å². The van der Waals surface area contributed by atoms with Crippen LogP contribution in [-0.2, 0) is 6.54 Å². The van der Waals surface area contributed by atoms with Crippen LogP contribution in [0.15, 0.2) is 36.4 Å². The van der Waals surface area contributed by atoms with E-state index in [0.717, 1.165) is 0 Å². The third-order valence-corrected chi connectivity index (χ3v) is 2.84. The van der Waals surface area contributed by atoms with E-state index >= 15 is 0 Å². The number of nitrogens with one attached hydrogen (secondary N) is 1. The summed E-state index contributed by atoms with van der Waals surface area (Å²) in [6, 6.07) is 10.9. The maximum Gasteiger partial charge on any atom is 0.129 e. The van der Waals surface area contributed by atoms with E-state index in [1.165, 1.54) is 12.1 Å². The summed E-state index contributed by atoms with van der Waals surface area (Å²) in [6.45, 7) is 1.92. The normalized spacial score (nSPS) is 10.0. The van der Waals surface area contributed by atoms with Gasteiger partial charge in [0.25, 0.3) is 0 Å². The van der Waals surface area contributed by atoms with Crippen LogP contribution in [0.1, 0.15) is 16.7 Å². The SMILES string of the molecule is Cc1ccc(NCc2ccc(C#N)cc2F)cc1F. The van der Waals surface area contributed by atoms with E-state index in [9.17, 15) is 8.78 Å². The van der Waals surface area contributed by atoms with Gasteiger partial charge in [0.05, 0.1) is 11.6 Å². The van der Waals surface area contributed by atoms with Gasteiger partial charge in [0.1, 0.15) is 11.6 Å². The summed E-state index contributed by atoms with van der Waals surface area (Å²) in [5.41, 5.74) is 1.87. The van der Waals surface area contributed by atoms with E-state index in [2.05, 4.69) is 5.32 Å². The molecule has 0 heterocycles. The van der Waals surface area contributed by atoms with Gasteiger partial charge in [-0.05, 0) is 36.8 Å². The Morgan fingerprint density at radius 3 is 2.53 bits per heavy atom. The molecule has 0 bridgehead atoms. The van der Waals surface area contributed by atoms with Gasteiger partial charge in [0, 0.05) is 17.8 Å². The minimum Gasteiger partial charge on any atom is -0.381 e. The summed E-state index contributed by atoms with van der Waals surface area (Å²) in [4.78, 5) is 0. The van der Waals surface area contributed by atoms with Crippen molar-refractivity contribution in [3.63, 3.8) is 0 Å². The van der Waals surface area contributed by atoms with E-state index in [4.69, 9.17) is 5.26 Å². The second-order valence-corrected chi connectivity index (χ2v) is 4.24. The van der Waals surface area contributed by atoms with Crippen LogP contribution < -0.4 is 5.32 Å². The third kappa shape index (κ3) is 3.08.